The van der Waals surface area contributed by atoms with Crippen LogP contribution in [-0.2, 0) is 0 Å². The Morgan fingerprint density at radius 1 is 0.467 bits per heavy atom. The Labute approximate surface area is 260 Å². The Hall–Kier alpha value is -6.92. The second-order valence-electron chi connectivity index (χ2n) is 10.7. The summed E-state index contributed by atoms with van der Waals surface area (Å²) in [5, 5.41) is 20.7. The van der Waals surface area contributed by atoms with E-state index in [-0.39, 0.29) is 0 Å². The van der Waals surface area contributed by atoms with Crippen LogP contribution in [0.15, 0.2) is 127 Å². The maximum atomic E-state index is 9.57. The number of nitriles is 2. The molecule has 45 heavy (non-hydrogen) atoms. The van der Waals surface area contributed by atoms with Crippen LogP contribution in [0.25, 0.3) is 70.6 Å². The van der Waals surface area contributed by atoms with Crippen LogP contribution in [0.4, 0.5) is 11.4 Å². The van der Waals surface area contributed by atoms with E-state index in [0.29, 0.717) is 22.5 Å². The van der Waals surface area contributed by atoms with Gasteiger partial charge in [0, 0.05) is 11.1 Å². The van der Waals surface area contributed by atoms with Gasteiger partial charge in [-0.05, 0) is 112 Å². The molecule has 0 bridgehead atoms. The van der Waals surface area contributed by atoms with Crippen molar-refractivity contribution in [2.45, 2.75) is 0 Å². The van der Waals surface area contributed by atoms with Crippen molar-refractivity contribution in [2.24, 2.45) is 0 Å². The van der Waals surface area contributed by atoms with Gasteiger partial charge < -0.3 is 4.57 Å². The summed E-state index contributed by atoms with van der Waals surface area (Å²) in [6.07, 6.45) is 0. The summed E-state index contributed by atoms with van der Waals surface area (Å²) >= 11 is 0. The monoisotopic (exact) mass is 571 g/mol. The van der Waals surface area contributed by atoms with Crippen molar-refractivity contribution in [3.8, 4) is 51.2 Å². The first-order valence-electron chi connectivity index (χ1n) is 14.2. The number of fused-ring (bicyclic) bond motifs is 3. The molecular formula is C40H21N5. The first-order valence-corrected chi connectivity index (χ1v) is 14.2. The maximum Gasteiger partial charge on any atom is 0.189 e. The van der Waals surface area contributed by atoms with Gasteiger partial charge in [0.1, 0.15) is 0 Å². The molecule has 0 atom stereocenters. The summed E-state index contributed by atoms with van der Waals surface area (Å²) in [7, 11) is 0. The molecule has 0 unspecified atom stereocenters. The minimum Gasteiger partial charge on any atom is -0.311 e. The van der Waals surface area contributed by atoms with Crippen molar-refractivity contribution in [1.29, 1.82) is 10.5 Å². The van der Waals surface area contributed by atoms with Crippen molar-refractivity contribution >= 4 is 33.2 Å². The van der Waals surface area contributed by atoms with Gasteiger partial charge in [0.2, 0.25) is 0 Å². The molecular weight excluding hydrogens is 550 g/mol. The Kier molecular flexibility index (Phi) is 6.62. The molecule has 0 aliphatic heterocycles. The van der Waals surface area contributed by atoms with Gasteiger partial charge in [-0.25, -0.2) is 9.69 Å². The van der Waals surface area contributed by atoms with Gasteiger partial charge in [0.05, 0.1) is 47.4 Å². The third-order valence-corrected chi connectivity index (χ3v) is 8.01. The zero-order valence-corrected chi connectivity index (χ0v) is 23.9. The van der Waals surface area contributed by atoms with E-state index in [2.05, 4.69) is 56.7 Å². The van der Waals surface area contributed by atoms with Crippen LogP contribution < -0.4 is 0 Å². The quantitative estimate of drug-likeness (QED) is 0.197. The summed E-state index contributed by atoms with van der Waals surface area (Å²) in [4.78, 5) is 7.43. The molecule has 7 aromatic rings. The van der Waals surface area contributed by atoms with Gasteiger partial charge in [-0.1, -0.05) is 54.6 Å². The summed E-state index contributed by atoms with van der Waals surface area (Å²) < 4.78 is 2.10. The maximum absolute atomic E-state index is 9.57. The van der Waals surface area contributed by atoms with Crippen LogP contribution in [-0.4, -0.2) is 4.57 Å². The molecule has 5 nitrogen and oxygen atoms in total. The highest BCUT2D eigenvalue weighted by atomic mass is 15.0. The van der Waals surface area contributed by atoms with Crippen LogP contribution in [0, 0.1) is 35.8 Å². The lowest BCUT2D eigenvalue weighted by atomic mass is 9.95. The predicted molar refractivity (Wildman–Crippen MR) is 179 cm³/mol. The van der Waals surface area contributed by atoms with E-state index in [0.717, 1.165) is 60.9 Å². The molecule has 0 aliphatic rings. The highest BCUT2D eigenvalue weighted by Gasteiger charge is 2.16. The standard InChI is InChI=1S/C40H21N5/c1-43-34-13-15-40-38(23-34)37-17-27(25-42)12-14-39(37)45(40)36-21-33(20-35(22-36)44-2)32-11-5-10-31(19-32)30-9-4-8-29(18-30)28-7-3-6-26(16-28)24-41/h3-23H. The van der Waals surface area contributed by atoms with Gasteiger partial charge in [-0.3, -0.25) is 0 Å². The first-order chi connectivity index (χ1) is 22.1. The summed E-state index contributed by atoms with van der Waals surface area (Å²) in [6, 6.07) is 45.6. The zero-order valence-electron chi connectivity index (χ0n) is 23.9. The molecule has 1 heterocycles. The predicted octanol–water partition coefficient (Wildman–Crippen LogP) is 10.6. The Morgan fingerprint density at radius 2 is 1.00 bits per heavy atom. The molecule has 0 spiro atoms. The van der Waals surface area contributed by atoms with Gasteiger partial charge in [0.25, 0.3) is 0 Å². The highest BCUT2D eigenvalue weighted by molar-refractivity contribution is 6.10. The SMILES string of the molecule is [C-]#[N+]c1cc(-c2cccc(-c3cccc(-c4cccc(C#N)c4)c3)c2)cc(-n2c3ccc(C#N)cc3c3cc([N+]#[C-])ccc32)c1. The third kappa shape index (κ3) is 4.84. The highest BCUT2D eigenvalue weighted by Crippen LogP contribution is 2.38. The number of rotatable bonds is 4. The number of aromatic nitrogens is 1. The lowest BCUT2D eigenvalue weighted by Gasteiger charge is -2.13. The number of benzene rings is 6. The van der Waals surface area contributed by atoms with E-state index in [9.17, 15) is 10.5 Å². The fraction of sp³-hybridized carbons (Fsp3) is 0. The topological polar surface area (TPSA) is 61.2 Å². The molecule has 0 aliphatic carbocycles. The smallest absolute Gasteiger partial charge is 0.189 e. The van der Waals surface area contributed by atoms with Crippen LogP contribution in [0.2, 0.25) is 0 Å². The number of hydrogen-bond donors (Lipinski definition) is 0. The van der Waals surface area contributed by atoms with Crippen molar-refractivity contribution in [2.75, 3.05) is 0 Å². The molecule has 0 N–H and O–H groups in total. The van der Waals surface area contributed by atoms with Gasteiger partial charge >= 0.3 is 0 Å². The van der Waals surface area contributed by atoms with Crippen LogP contribution >= 0.6 is 0 Å². The van der Waals surface area contributed by atoms with E-state index in [1.807, 2.05) is 78.9 Å². The molecule has 0 radical (unpaired) electrons. The first kappa shape index (κ1) is 26.9. The fourth-order valence-electron chi connectivity index (χ4n) is 5.91. The third-order valence-electron chi connectivity index (χ3n) is 8.01. The molecule has 7 rings (SSSR count). The van der Waals surface area contributed by atoms with E-state index < -0.39 is 0 Å². The van der Waals surface area contributed by atoms with Crippen molar-refractivity contribution in [3.63, 3.8) is 0 Å². The lowest BCUT2D eigenvalue weighted by molar-refractivity contribution is 1.18. The van der Waals surface area contributed by atoms with Crippen LogP contribution in [0.1, 0.15) is 11.1 Å². The fourth-order valence-corrected chi connectivity index (χ4v) is 5.91. The minimum atomic E-state index is 0.508. The molecule has 0 fully saturated rings. The second-order valence-corrected chi connectivity index (χ2v) is 10.7. The molecule has 1 aromatic heterocycles. The number of hydrogen-bond acceptors (Lipinski definition) is 2. The van der Waals surface area contributed by atoms with Gasteiger partial charge in [-0.15, -0.1) is 0 Å². The van der Waals surface area contributed by atoms with E-state index in [1.165, 1.54) is 0 Å². The number of nitrogens with zero attached hydrogens (tertiary/aromatic N) is 5. The van der Waals surface area contributed by atoms with Crippen molar-refractivity contribution in [1.82, 2.24) is 4.57 Å². The summed E-state index contributed by atoms with van der Waals surface area (Å²) in [5.41, 5.74) is 10.8. The van der Waals surface area contributed by atoms with E-state index in [4.69, 9.17) is 13.1 Å². The molecule has 0 amide bonds. The summed E-state index contributed by atoms with van der Waals surface area (Å²) in [5.74, 6) is 0. The average molecular weight is 572 g/mol. The molecule has 0 saturated carbocycles. The Bertz CT molecular complexity index is 2420. The van der Waals surface area contributed by atoms with Gasteiger partial charge in [0.15, 0.2) is 11.4 Å². The largest absolute Gasteiger partial charge is 0.311 e. The molecule has 6 aromatic carbocycles. The Balaban J connectivity index is 1.37. The van der Waals surface area contributed by atoms with Crippen molar-refractivity contribution in [3.05, 3.63) is 161 Å². The lowest BCUT2D eigenvalue weighted by Crippen LogP contribution is -1.94. The zero-order chi connectivity index (χ0) is 30.9. The van der Waals surface area contributed by atoms with Crippen LogP contribution in [0.5, 0.6) is 0 Å². The van der Waals surface area contributed by atoms with Gasteiger partial charge in [-0.2, -0.15) is 10.5 Å². The van der Waals surface area contributed by atoms with E-state index >= 15 is 0 Å². The minimum absolute atomic E-state index is 0.508. The average Bonchev–Trinajstić information content (AvgIpc) is 3.44. The second kappa shape index (κ2) is 11.1. The Morgan fingerprint density at radius 3 is 1.62 bits per heavy atom. The normalized spacial score (nSPS) is 10.6. The molecule has 206 valence electrons. The summed E-state index contributed by atoms with van der Waals surface area (Å²) in [6.45, 7) is 15.4. The molecule has 0 saturated heterocycles. The van der Waals surface area contributed by atoms with Crippen LogP contribution in [0.3, 0.4) is 0 Å². The molecule has 5 heteroatoms. The van der Waals surface area contributed by atoms with Crippen molar-refractivity contribution < 1.29 is 0 Å². The van der Waals surface area contributed by atoms with E-state index in [1.54, 1.807) is 18.2 Å².